The number of hydrogen-bond acceptors (Lipinski definition) is 4. The average Bonchev–Trinajstić information content (AvgIpc) is 3.03. The van der Waals surface area contributed by atoms with Crippen molar-refractivity contribution in [3.63, 3.8) is 0 Å². The molecular formula is C14H16N4O2. The summed E-state index contributed by atoms with van der Waals surface area (Å²) in [5, 5.41) is 12.8. The third kappa shape index (κ3) is 2.87. The average molecular weight is 272 g/mol. The van der Waals surface area contributed by atoms with E-state index in [1.54, 1.807) is 6.20 Å². The van der Waals surface area contributed by atoms with Crippen molar-refractivity contribution in [2.24, 2.45) is 0 Å². The number of H-pyrrole nitrogens is 1. The zero-order valence-electron chi connectivity index (χ0n) is 10.9. The third-order valence-electron chi connectivity index (χ3n) is 3.20. The Morgan fingerprint density at radius 3 is 2.80 bits per heavy atom. The van der Waals surface area contributed by atoms with Crippen LogP contribution in [0.5, 0.6) is 0 Å². The SMILES string of the molecule is O=C(Nc1ccc(-c2ccn[nH]2)cc1)C1COCCN1. The maximum atomic E-state index is 12.0. The Morgan fingerprint density at radius 1 is 1.30 bits per heavy atom. The molecule has 0 radical (unpaired) electrons. The molecule has 0 saturated carbocycles. The van der Waals surface area contributed by atoms with E-state index in [4.69, 9.17) is 4.74 Å². The first-order valence-electron chi connectivity index (χ1n) is 6.55. The lowest BCUT2D eigenvalue weighted by Gasteiger charge is -2.22. The normalized spacial score (nSPS) is 18.7. The highest BCUT2D eigenvalue weighted by Gasteiger charge is 2.20. The van der Waals surface area contributed by atoms with Gasteiger partial charge in [0.1, 0.15) is 6.04 Å². The van der Waals surface area contributed by atoms with Crippen LogP contribution in [-0.2, 0) is 9.53 Å². The monoisotopic (exact) mass is 272 g/mol. The molecule has 6 heteroatoms. The van der Waals surface area contributed by atoms with Gasteiger partial charge in [-0.2, -0.15) is 5.10 Å². The van der Waals surface area contributed by atoms with Crippen molar-refractivity contribution in [2.45, 2.75) is 6.04 Å². The van der Waals surface area contributed by atoms with Gasteiger partial charge in [0.25, 0.3) is 0 Å². The lowest BCUT2D eigenvalue weighted by atomic mass is 10.1. The highest BCUT2D eigenvalue weighted by molar-refractivity contribution is 5.95. The number of nitrogens with zero attached hydrogens (tertiary/aromatic N) is 1. The number of morpholine rings is 1. The Bertz CT molecular complexity index is 559. The summed E-state index contributed by atoms with van der Waals surface area (Å²) in [7, 11) is 0. The first-order chi connectivity index (χ1) is 9.83. The summed E-state index contributed by atoms with van der Waals surface area (Å²) >= 11 is 0. The molecule has 1 aliphatic heterocycles. The molecule has 2 heterocycles. The van der Waals surface area contributed by atoms with Crippen LogP contribution >= 0.6 is 0 Å². The summed E-state index contributed by atoms with van der Waals surface area (Å²) in [5.41, 5.74) is 2.75. The number of nitrogens with one attached hydrogen (secondary N) is 3. The second kappa shape index (κ2) is 5.85. The smallest absolute Gasteiger partial charge is 0.243 e. The van der Waals surface area contributed by atoms with E-state index in [1.165, 1.54) is 0 Å². The van der Waals surface area contributed by atoms with Crippen molar-refractivity contribution in [1.29, 1.82) is 0 Å². The number of ether oxygens (including phenoxy) is 1. The predicted octanol–water partition coefficient (Wildman–Crippen LogP) is 1.00. The Morgan fingerprint density at radius 2 is 2.15 bits per heavy atom. The molecule has 3 rings (SSSR count). The standard InChI is InChI=1S/C14H16N4O2/c19-14(13-9-20-8-7-15-13)17-11-3-1-10(2-4-11)12-5-6-16-18-12/h1-6,13,15H,7-9H2,(H,16,18)(H,17,19). The molecule has 1 fully saturated rings. The summed E-state index contributed by atoms with van der Waals surface area (Å²) in [6.45, 7) is 1.78. The van der Waals surface area contributed by atoms with Crippen LogP contribution in [0.2, 0.25) is 0 Å². The van der Waals surface area contributed by atoms with Crippen LogP contribution in [0.25, 0.3) is 11.3 Å². The van der Waals surface area contributed by atoms with E-state index in [-0.39, 0.29) is 11.9 Å². The number of benzene rings is 1. The van der Waals surface area contributed by atoms with E-state index in [1.807, 2.05) is 30.3 Å². The molecule has 1 aromatic heterocycles. The van der Waals surface area contributed by atoms with E-state index in [9.17, 15) is 4.79 Å². The molecule has 0 aliphatic carbocycles. The number of amides is 1. The molecule has 20 heavy (non-hydrogen) atoms. The molecule has 104 valence electrons. The fourth-order valence-electron chi connectivity index (χ4n) is 2.11. The minimum atomic E-state index is -0.281. The quantitative estimate of drug-likeness (QED) is 0.779. The number of aromatic nitrogens is 2. The van der Waals surface area contributed by atoms with Crippen molar-refractivity contribution >= 4 is 11.6 Å². The van der Waals surface area contributed by atoms with Gasteiger partial charge in [-0.15, -0.1) is 0 Å². The molecule has 1 saturated heterocycles. The first kappa shape index (κ1) is 12.8. The molecule has 3 N–H and O–H groups in total. The number of aromatic amines is 1. The minimum absolute atomic E-state index is 0.0704. The Balaban J connectivity index is 1.64. The van der Waals surface area contributed by atoms with Crippen LogP contribution in [0.15, 0.2) is 36.5 Å². The van der Waals surface area contributed by atoms with E-state index < -0.39 is 0 Å². The third-order valence-corrected chi connectivity index (χ3v) is 3.20. The lowest BCUT2D eigenvalue weighted by Crippen LogP contribution is -2.48. The van der Waals surface area contributed by atoms with Crippen molar-refractivity contribution in [1.82, 2.24) is 15.5 Å². The molecule has 1 aliphatic rings. The Labute approximate surface area is 116 Å². The summed E-state index contributed by atoms with van der Waals surface area (Å²) in [5.74, 6) is -0.0704. The summed E-state index contributed by atoms with van der Waals surface area (Å²) < 4.78 is 5.27. The van der Waals surface area contributed by atoms with Crippen molar-refractivity contribution < 1.29 is 9.53 Å². The second-order valence-corrected chi connectivity index (χ2v) is 4.62. The second-order valence-electron chi connectivity index (χ2n) is 4.62. The first-order valence-corrected chi connectivity index (χ1v) is 6.55. The molecular weight excluding hydrogens is 256 g/mol. The molecule has 0 spiro atoms. The van der Waals surface area contributed by atoms with Gasteiger partial charge in [-0.3, -0.25) is 9.89 Å². The summed E-state index contributed by atoms with van der Waals surface area (Å²) in [4.78, 5) is 12.0. The zero-order valence-corrected chi connectivity index (χ0v) is 10.9. The molecule has 6 nitrogen and oxygen atoms in total. The van der Waals surface area contributed by atoms with Crippen LogP contribution in [0.4, 0.5) is 5.69 Å². The van der Waals surface area contributed by atoms with Gasteiger partial charge < -0.3 is 15.4 Å². The van der Waals surface area contributed by atoms with Gasteiger partial charge >= 0.3 is 0 Å². The minimum Gasteiger partial charge on any atom is -0.378 e. The zero-order chi connectivity index (χ0) is 13.8. The topological polar surface area (TPSA) is 79.0 Å². The number of carbonyl (C=O) groups is 1. The van der Waals surface area contributed by atoms with Crippen LogP contribution in [-0.4, -0.2) is 41.9 Å². The van der Waals surface area contributed by atoms with Crippen LogP contribution in [0, 0.1) is 0 Å². The highest BCUT2D eigenvalue weighted by atomic mass is 16.5. The molecule has 1 atom stereocenters. The molecule has 2 aromatic rings. The van der Waals surface area contributed by atoms with Crippen LogP contribution in [0.1, 0.15) is 0 Å². The summed E-state index contributed by atoms with van der Waals surface area (Å²) in [6, 6.07) is 9.24. The number of anilines is 1. The van der Waals surface area contributed by atoms with Crippen molar-refractivity contribution in [3.8, 4) is 11.3 Å². The number of rotatable bonds is 3. The maximum Gasteiger partial charge on any atom is 0.243 e. The Kier molecular flexibility index (Phi) is 3.76. The van der Waals surface area contributed by atoms with Gasteiger partial charge in [0.15, 0.2) is 0 Å². The molecule has 0 bridgehead atoms. The van der Waals surface area contributed by atoms with Gasteiger partial charge in [0.2, 0.25) is 5.91 Å². The largest absolute Gasteiger partial charge is 0.378 e. The number of hydrogen-bond donors (Lipinski definition) is 3. The Hall–Kier alpha value is -2.18. The van der Waals surface area contributed by atoms with E-state index in [0.717, 1.165) is 16.9 Å². The molecule has 1 aromatic carbocycles. The van der Waals surface area contributed by atoms with E-state index >= 15 is 0 Å². The van der Waals surface area contributed by atoms with Crippen LogP contribution < -0.4 is 10.6 Å². The highest BCUT2D eigenvalue weighted by Crippen LogP contribution is 2.19. The van der Waals surface area contributed by atoms with E-state index in [0.29, 0.717) is 19.8 Å². The van der Waals surface area contributed by atoms with Gasteiger partial charge in [-0.05, 0) is 23.8 Å². The van der Waals surface area contributed by atoms with Crippen molar-refractivity contribution in [3.05, 3.63) is 36.5 Å². The van der Waals surface area contributed by atoms with Gasteiger partial charge in [0, 0.05) is 18.4 Å². The summed E-state index contributed by atoms with van der Waals surface area (Å²) in [6.07, 6.45) is 1.71. The predicted molar refractivity (Wildman–Crippen MR) is 75.3 cm³/mol. The molecule has 1 amide bonds. The maximum absolute atomic E-state index is 12.0. The van der Waals surface area contributed by atoms with Gasteiger partial charge in [-0.25, -0.2) is 0 Å². The molecule has 1 unspecified atom stereocenters. The van der Waals surface area contributed by atoms with Crippen molar-refractivity contribution in [2.75, 3.05) is 25.1 Å². The van der Waals surface area contributed by atoms with Gasteiger partial charge in [0.05, 0.1) is 18.9 Å². The number of carbonyl (C=O) groups excluding carboxylic acids is 1. The fraction of sp³-hybridized carbons (Fsp3) is 0.286. The lowest BCUT2D eigenvalue weighted by molar-refractivity contribution is -0.120. The fourth-order valence-corrected chi connectivity index (χ4v) is 2.11. The van der Waals surface area contributed by atoms with E-state index in [2.05, 4.69) is 20.8 Å². The van der Waals surface area contributed by atoms with Gasteiger partial charge in [-0.1, -0.05) is 12.1 Å². The van der Waals surface area contributed by atoms with Crippen LogP contribution in [0.3, 0.4) is 0 Å².